The lowest BCUT2D eigenvalue weighted by atomic mass is 10.2. The minimum absolute atomic E-state index is 0.109. The van der Waals surface area contributed by atoms with E-state index in [9.17, 15) is 10.1 Å². The van der Waals surface area contributed by atoms with Crippen molar-refractivity contribution in [3.8, 4) is 0 Å². The quantitative estimate of drug-likeness (QED) is 0.407. The summed E-state index contributed by atoms with van der Waals surface area (Å²) in [6, 6.07) is 0. The van der Waals surface area contributed by atoms with Crippen LogP contribution in [0.25, 0.3) is 0 Å². The van der Waals surface area contributed by atoms with Crippen molar-refractivity contribution in [3.05, 3.63) is 15.8 Å². The van der Waals surface area contributed by atoms with Gasteiger partial charge in [-0.3, -0.25) is 10.1 Å². The van der Waals surface area contributed by atoms with E-state index in [4.69, 9.17) is 4.74 Å². The van der Waals surface area contributed by atoms with Crippen LogP contribution in [-0.4, -0.2) is 34.5 Å². The van der Waals surface area contributed by atoms with Crippen molar-refractivity contribution in [1.29, 1.82) is 0 Å². The molecular weight excluding hydrogens is 272 g/mol. The number of nitro groups is 1. The van der Waals surface area contributed by atoms with Crippen LogP contribution in [-0.2, 0) is 18.2 Å². The lowest BCUT2D eigenvalue weighted by molar-refractivity contribution is -0.384. The molecule has 0 bridgehead atoms. The van der Waals surface area contributed by atoms with Crippen LogP contribution in [0.15, 0.2) is 0 Å². The van der Waals surface area contributed by atoms with Gasteiger partial charge in [0.25, 0.3) is 0 Å². The highest BCUT2D eigenvalue weighted by Crippen LogP contribution is 2.29. The summed E-state index contributed by atoms with van der Waals surface area (Å²) in [4.78, 5) is 10.9. The second-order valence-electron chi connectivity index (χ2n) is 5.57. The maximum absolute atomic E-state index is 11.2. The van der Waals surface area contributed by atoms with Gasteiger partial charge >= 0.3 is 5.69 Å². The molecule has 1 N–H and O–H groups in total. The van der Waals surface area contributed by atoms with E-state index in [2.05, 4.69) is 10.4 Å². The predicted molar refractivity (Wildman–Crippen MR) is 80.5 cm³/mol. The van der Waals surface area contributed by atoms with E-state index in [-0.39, 0.29) is 10.6 Å². The molecule has 1 aromatic rings. The summed E-state index contributed by atoms with van der Waals surface area (Å²) in [6.45, 7) is 4.18. The van der Waals surface area contributed by atoms with Crippen LogP contribution in [0.2, 0.25) is 0 Å². The molecule has 118 valence electrons. The number of rotatable bonds is 10. The number of aryl methyl sites for hydroxylation is 2. The van der Waals surface area contributed by atoms with E-state index in [1.807, 2.05) is 6.92 Å². The highest BCUT2D eigenvalue weighted by molar-refractivity contribution is 5.59. The molecular formula is C14H24N4O3. The first-order valence-electron chi connectivity index (χ1n) is 7.65. The van der Waals surface area contributed by atoms with Gasteiger partial charge in [-0.05, 0) is 31.6 Å². The molecule has 7 heteroatoms. The van der Waals surface area contributed by atoms with Crippen LogP contribution < -0.4 is 5.32 Å². The van der Waals surface area contributed by atoms with Crippen LogP contribution >= 0.6 is 0 Å². The van der Waals surface area contributed by atoms with Crippen LogP contribution in [0.4, 0.5) is 11.5 Å². The van der Waals surface area contributed by atoms with E-state index in [1.54, 1.807) is 11.7 Å². The summed E-state index contributed by atoms with van der Waals surface area (Å²) in [7, 11) is 1.73. The molecule has 0 aromatic carbocycles. The minimum atomic E-state index is -0.343. The third-order valence-electron chi connectivity index (χ3n) is 3.57. The van der Waals surface area contributed by atoms with Gasteiger partial charge in [-0.25, -0.2) is 4.68 Å². The van der Waals surface area contributed by atoms with Crippen LogP contribution in [0.5, 0.6) is 0 Å². The number of nitrogens with one attached hydrogen (secondary N) is 1. The lowest BCUT2D eigenvalue weighted by Gasteiger charge is -2.06. The summed E-state index contributed by atoms with van der Waals surface area (Å²) in [5, 5.41) is 18.6. The maximum atomic E-state index is 11.2. The normalized spacial score (nSPS) is 14.4. The second-order valence-corrected chi connectivity index (χ2v) is 5.57. The van der Waals surface area contributed by atoms with Crippen molar-refractivity contribution in [2.75, 3.05) is 25.1 Å². The Kier molecular flexibility index (Phi) is 5.55. The van der Waals surface area contributed by atoms with E-state index in [0.717, 1.165) is 25.4 Å². The summed E-state index contributed by atoms with van der Waals surface area (Å²) in [6.07, 6.45) is 4.88. The summed E-state index contributed by atoms with van der Waals surface area (Å²) in [5.41, 5.74) is 0.663. The molecule has 2 rings (SSSR count). The largest absolute Gasteiger partial charge is 0.381 e. The number of nitrogens with zero attached hydrogens (tertiary/aromatic N) is 3. The monoisotopic (exact) mass is 296 g/mol. The number of anilines is 1. The lowest BCUT2D eigenvalue weighted by Crippen LogP contribution is -2.10. The van der Waals surface area contributed by atoms with Crippen molar-refractivity contribution in [2.45, 2.75) is 39.0 Å². The zero-order valence-electron chi connectivity index (χ0n) is 12.8. The zero-order valence-corrected chi connectivity index (χ0v) is 12.8. The number of hydrogen-bond acceptors (Lipinski definition) is 5. The molecule has 0 unspecified atom stereocenters. The molecule has 0 amide bonds. The average Bonchev–Trinajstić information content (AvgIpc) is 3.19. The highest BCUT2D eigenvalue weighted by Gasteiger charge is 2.25. The topological polar surface area (TPSA) is 82.2 Å². The molecule has 0 saturated heterocycles. The fourth-order valence-electron chi connectivity index (χ4n) is 2.28. The Labute approximate surface area is 124 Å². The fraction of sp³-hybridized carbons (Fsp3) is 0.786. The van der Waals surface area contributed by atoms with Gasteiger partial charge in [0, 0.05) is 26.8 Å². The van der Waals surface area contributed by atoms with Crippen molar-refractivity contribution in [3.63, 3.8) is 0 Å². The standard InChI is InChI=1S/C14H24N4O3/c1-3-5-12-13(18(19)20)14(17(2)16-12)15-8-4-9-21-10-11-6-7-11/h11,15H,3-10H2,1-2H3. The van der Waals surface area contributed by atoms with Gasteiger partial charge < -0.3 is 10.1 Å². The van der Waals surface area contributed by atoms with Gasteiger partial charge in [-0.15, -0.1) is 0 Å². The molecule has 0 radical (unpaired) electrons. The first kappa shape index (κ1) is 15.8. The van der Waals surface area contributed by atoms with Crippen molar-refractivity contribution >= 4 is 11.5 Å². The molecule has 0 aliphatic heterocycles. The van der Waals surface area contributed by atoms with Gasteiger partial charge in [-0.1, -0.05) is 13.3 Å². The fourth-order valence-corrected chi connectivity index (χ4v) is 2.28. The first-order chi connectivity index (χ1) is 10.1. The van der Waals surface area contributed by atoms with E-state index in [0.29, 0.717) is 31.1 Å². The summed E-state index contributed by atoms with van der Waals surface area (Å²) >= 11 is 0. The Bertz CT molecular complexity index is 483. The summed E-state index contributed by atoms with van der Waals surface area (Å²) < 4.78 is 7.11. The Morgan fingerprint density at radius 1 is 1.52 bits per heavy atom. The van der Waals surface area contributed by atoms with Crippen LogP contribution in [0, 0.1) is 16.0 Å². The van der Waals surface area contributed by atoms with Crippen LogP contribution in [0.1, 0.15) is 38.3 Å². The predicted octanol–water partition coefficient (Wildman–Crippen LogP) is 2.51. The number of hydrogen-bond donors (Lipinski definition) is 1. The van der Waals surface area contributed by atoms with Crippen molar-refractivity contribution in [1.82, 2.24) is 9.78 Å². The highest BCUT2D eigenvalue weighted by atomic mass is 16.6. The van der Waals surface area contributed by atoms with Gasteiger partial charge in [0.15, 0.2) is 0 Å². The zero-order chi connectivity index (χ0) is 15.2. The Morgan fingerprint density at radius 2 is 2.29 bits per heavy atom. The van der Waals surface area contributed by atoms with Gasteiger partial charge in [0.2, 0.25) is 5.82 Å². The SMILES string of the molecule is CCCc1nn(C)c(NCCCOCC2CC2)c1[N+](=O)[O-]. The third kappa shape index (κ3) is 4.42. The molecule has 1 saturated carbocycles. The molecule has 1 aliphatic rings. The van der Waals surface area contributed by atoms with Gasteiger partial charge in [0.1, 0.15) is 5.69 Å². The molecule has 1 aliphatic carbocycles. The molecule has 1 heterocycles. The molecule has 1 aromatic heterocycles. The Hall–Kier alpha value is -1.63. The van der Waals surface area contributed by atoms with Gasteiger partial charge in [0.05, 0.1) is 4.92 Å². The smallest absolute Gasteiger partial charge is 0.333 e. The maximum Gasteiger partial charge on any atom is 0.333 e. The molecule has 0 spiro atoms. The average molecular weight is 296 g/mol. The van der Waals surface area contributed by atoms with E-state index < -0.39 is 0 Å². The Balaban J connectivity index is 1.84. The summed E-state index contributed by atoms with van der Waals surface area (Å²) in [5.74, 6) is 1.26. The van der Waals surface area contributed by atoms with Crippen LogP contribution in [0.3, 0.4) is 0 Å². The molecule has 0 atom stereocenters. The van der Waals surface area contributed by atoms with E-state index in [1.165, 1.54) is 12.8 Å². The van der Waals surface area contributed by atoms with Gasteiger partial charge in [-0.2, -0.15) is 5.10 Å². The Morgan fingerprint density at radius 3 is 2.90 bits per heavy atom. The second kappa shape index (κ2) is 7.40. The van der Waals surface area contributed by atoms with E-state index >= 15 is 0 Å². The molecule has 21 heavy (non-hydrogen) atoms. The molecule has 7 nitrogen and oxygen atoms in total. The third-order valence-corrected chi connectivity index (χ3v) is 3.57. The molecule has 1 fully saturated rings. The number of aromatic nitrogens is 2. The number of ether oxygens (including phenoxy) is 1. The first-order valence-corrected chi connectivity index (χ1v) is 7.65. The minimum Gasteiger partial charge on any atom is -0.381 e. The van der Waals surface area contributed by atoms with Crippen molar-refractivity contribution < 1.29 is 9.66 Å². The van der Waals surface area contributed by atoms with Crippen molar-refractivity contribution in [2.24, 2.45) is 13.0 Å².